The lowest BCUT2D eigenvalue weighted by Gasteiger charge is -2.42. The van der Waals surface area contributed by atoms with Gasteiger partial charge in [0.05, 0.1) is 30.2 Å². The lowest BCUT2D eigenvalue weighted by Crippen LogP contribution is -2.49. The predicted octanol–water partition coefficient (Wildman–Crippen LogP) is 3.46. The van der Waals surface area contributed by atoms with Gasteiger partial charge in [0.2, 0.25) is 0 Å². The van der Waals surface area contributed by atoms with E-state index >= 15 is 0 Å². The summed E-state index contributed by atoms with van der Waals surface area (Å²) in [4.78, 5) is 18.7. The topological polar surface area (TPSA) is 64.8 Å². The average molecular weight is 370 g/mol. The number of hydrogen-bond donors (Lipinski definition) is 0. The Morgan fingerprint density at radius 3 is 2.93 bits per heavy atom. The zero-order valence-corrected chi connectivity index (χ0v) is 15.7. The van der Waals surface area contributed by atoms with Crippen LogP contribution < -0.4 is 4.74 Å². The van der Waals surface area contributed by atoms with Crippen molar-refractivity contribution in [2.75, 3.05) is 26.3 Å². The molecular formula is C21H26N2O4. The van der Waals surface area contributed by atoms with Crippen LogP contribution in [0, 0.1) is 12.8 Å². The second-order valence-electron chi connectivity index (χ2n) is 7.41. The molecule has 0 radical (unpaired) electrons. The van der Waals surface area contributed by atoms with Gasteiger partial charge in [-0.25, -0.2) is 0 Å². The zero-order chi connectivity index (χ0) is 18.7. The fourth-order valence-electron chi connectivity index (χ4n) is 4.36. The first-order valence-electron chi connectivity index (χ1n) is 9.68. The summed E-state index contributed by atoms with van der Waals surface area (Å²) in [5, 5.41) is 0. The number of likely N-dealkylation sites (tertiary alicyclic amines) is 1. The molecule has 2 aromatic rings. The molecule has 144 valence electrons. The van der Waals surface area contributed by atoms with Crippen LogP contribution in [0.2, 0.25) is 0 Å². The number of nitrogens with zero attached hydrogens (tertiary/aromatic N) is 2. The SMILES string of the molecule is Cc1occc1C(=O)N1CCC2(CC1)OCCC2CCOc1cccnc1. The van der Waals surface area contributed by atoms with Crippen LogP contribution >= 0.6 is 0 Å². The molecule has 27 heavy (non-hydrogen) atoms. The molecular weight excluding hydrogens is 344 g/mol. The summed E-state index contributed by atoms with van der Waals surface area (Å²) in [5.74, 6) is 2.02. The molecule has 1 atom stereocenters. The lowest BCUT2D eigenvalue weighted by molar-refractivity contribution is -0.0648. The quantitative estimate of drug-likeness (QED) is 0.806. The van der Waals surface area contributed by atoms with E-state index in [1.165, 1.54) is 0 Å². The van der Waals surface area contributed by atoms with Gasteiger partial charge >= 0.3 is 0 Å². The van der Waals surface area contributed by atoms with E-state index in [9.17, 15) is 4.79 Å². The van der Waals surface area contributed by atoms with E-state index in [1.54, 1.807) is 24.7 Å². The molecule has 2 aliphatic heterocycles. The van der Waals surface area contributed by atoms with Crippen molar-refractivity contribution in [1.29, 1.82) is 0 Å². The van der Waals surface area contributed by atoms with Gasteiger partial charge in [0.1, 0.15) is 11.5 Å². The molecule has 1 spiro atoms. The molecule has 1 unspecified atom stereocenters. The number of carbonyl (C=O) groups is 1. The summed E-state index contributed by atoms with van der Waals surface area (Å²) < 4.78 is 17.3. The molecule has 0 saturated carbocycles. The number of ether oxygens (including phenoxy) is 2. The number of aromatic nitrogens is 1. The Morgan fingerprint density at radius 2 is 2.22 bits per heavy atom. The molecule has 2 saturated heterocycles. The second-order valence-corrected chi connectivity index (χ2v) is 7.41. The maximum atomic E-state index is 12.7. The van der Waals surface area contributed by atoms with Crippen molar-refractivity contribution in [2.45, 2.75) is 38.2 Å². The predicted molar refractivity (Wildman–Crippen MR) is 99.7 cm³/mol. The molecule has 0 aromatic carbocycles. The van der Waals surface area contributed by atoms with Crippen LogP contribution in [-0.2, 0) is 4.74 Å². The van der Waals surface area contributed by atoms with Crippen molar-refractivity contribution < 1.29 is 18.7 Å². The van der Waals surface area contributed by atoms with Gasteiger partial charge in [-0.3, -0.25) is 9.78 Å². The molecule has 4 heterocycles. The molecule has 4 rings (SSSR count). The van der Waals surface area contributed by atoms with Crippen molar-refractivity contribution in [1.82, 2.24) is 9.88 Å². The summed E-state index contributed by atoms with van der Waals surface area (Å²) >= 11 is 0. The standard InChI is InChI=1S/C21H26N2O4/c1-16-19(6-13-25-16)20(24)23-10-7-21(8-11-23)17(5-14-27-21)4-12-26-18-3-2-9-22-15-18/h2-3,6,9,13,15,17H,4-5,7-8,10-12,14H2,1H3. The molecule has 0 N–H and O–H groups in total. The molecule has 2 fully saturated rings. The van der Waals surface area contributed by atoms with Crippen molar-refractivity contribution in [3.05, 3.63) is 48.2 Å². The average Bonchev–Trinajstić information content (AvgIpc) is 3.29. The van der Waals surface area contributed by atoms with Gasteiger partial charge in [0.25, 0.3) is 5.91 Å². The largest absolute Gasteiger partial charge is 0.492 e. The smallest absolute Gasteiger partial charge is 0.257 e. The Labute approximate surface area is 159 Å². The number of amides is 1. The molecule has 6 nitrogen and oxygen atoms in total. The Morgan fingerprint density at radius 1 is 1.37 bits per heavy atom. The minimum atomic E-state index is -0.111. The van der Waals surface area contributed by atoms with E-state index in [0.717, 1.165) is 51.1 Å². The van der Waals surface area contributed by atoms with E-state index < -0.39 is 0 Å². The molecule has 2 aromatic heterocycles. The molecule has 1 amide bonds. The first-order chi connectivity index (χ1) is 13.2. The summed E-state index contributed by atoms with van der Waals surface area (Å²) in [6.45, 7) is 4.74. The van der Waals surface area contributed by atoms with Crippen molar-refractivity contribution in [3.63, 3.8) is 0 Å². The van der Waals surface area contributed by atoms with Gasteiger partial charge in [-0.15, -0.1) is 0 Å². The third-order valence-corrected chi connectivity index (χ3v) is 5.96. The van der Waals surface area contributed by atoms with Crippen molar-refractivity contribution >= 4 is 5.91 Å². The van der Waals surface area contributed by atoms with E-state index in [0.29, 0.717) is 23.8 Å². The van der Waals surface area contributed by atoms with Crippen LogP contribution in [0.3, 0.4) is 0 Å². The number of piperidine rings is 1. The Kier molecular flexibility index (Phi) is 5.16. The number of carbonyl (C=O) groups excluding carboxylic acids is 1. The highest BCUT2D eigenvalue weighted by Gasteiger charge is 2.46. The van der Waals surface area contributed by atoms with E-state index in [-0.39, 0.29) is 11.5 Å². The normalized spacial score (nSPS) is 21.5. The van der Waals surface area contributed by atoms with Crippen molar-refractivity contribution in [3.8, 4) is 5.75 Å². The third-order valence-electron chi connectivity index (χ3n) is 5.96. The molecule has 2 aliphatic rings. The number of rotatable bonds is 5. The second kappa shape index (κ2) is 7.72. The van der Waals surface area contributed by atoms with Gasteiger partial charge in [0, 0.05) is 25.9 Å². The van der Waals surface area contributed by atoms with E-state index in [2.05, 4.69) is 4.98 Å². The fraction of sp³-hybridized carbons (Fsp3) is 0.524. The first kappa shape index (κ1) is 18.0. The maximum absolute atomic E-state index is 12.7. The molecule has 0 bridgehead atoms. The minimum absolute atomic E-state index is 0.0607. The number of aryl methyl sites for hydroxylation is 1. The van der Waals surface area contributed by atoms with Crippen LogP contribution in [0.5, 0.6) is 5.75 Å². The van der Waals surface area contributed by atoms with Gasteiger partial charge < -0.3 is 18.8 Å². The van der Waals surface area contributed by atoms with Crippen LogP contribution in [0.4, 0.5) is 0 Å². The highest BCUT2D eigenvalue weighted by Crippen LogP contribution is 2.42. The summed E-state index contributed by atoms with van der Waals surface area (Å²) in [6.07, 6.45) is 8.84. The third kappa shape index (κ3) is 3.72. The maximum Gasteiger partial charge on any atom is 0.257 e. The van der Waals surface area contributed by atoms with Crippen LogP contribution in [0.1, 0.15) is 41.8 Å². The Balaban J connectivity index is 1.32. The Bertz CT molecular complexity index is 765. The van der Waals surface area contributed by atoms with E-state index in [1.807, 2.05) is 24.0 Å². The van der Waals surface area contributed by atoms with Gasteiger partial charge in [-0.05, 0) is 56.7 Å². The van der Waals surface area contributed by atoms with Gasteiger partial charge in [-0.1, -0.05) is 0 Å². The lowest BCUT2D eigenvalue weighted by atomic mass is 9.78. The minimum Gasteiger partial charge on any atom is -0.492 e. The van der Waals surface area contributed by atoms with Gasteiger partial charge in [0.15, 0.2) is 0 Å². The fourth-order valence-corrected chi connectivity index (χ4v) is 4.36. The number of hydrogen-bond acceptors (Lipinski definition) is 5. The summed E-state index contributed by atoms with van der Waals surface area (Å²) in [7, 11) is 0. The van der Waals surface area contributed by atoms with Crippen LogP contribution in [0.15, 0.2) is 41.3 Å². The monoisotopic (exact) mass is 370 g/mol. The molecule has 6 heteroatoms. The first-order valence-corrected chi connectivity index (χ1v) is 9.68. The number of furan rings is 1. The van der Waals surface area contributed by atoms with E-state index in [4.69, 9.17) is 13.9 Å². The highest BCUT2D eigenvalue weighted by molar-refractivity contribution is 5.95. The van der Waals surface area contributed by atoms with Crippen LogP contribution in [-0.4, -0.2) is 47.7 Å². The van der Waals surface area contributed by atoms with Crippen LogP contribution in [0.25, 0.3) is 0 Å². The Hall–Kier alpha value is -2.34. The van der Waals surface area contributed by atoms with Gasteiger partial charge in [-0.2, -0.15) is 0 Å². The number of pyridine rings is 1. The molecule has 0 aliphatic carbocycles. The zero-order valence-electron chi connectivity index (χ0n) is 15.7. The summed E-state index contributed by atoms with van der Waals surface area (Å²) in [5.41, 5.74) is 0.556. The van der Waals surface area contributed by atoms with Crippen molar-refractivity contribution in [2.24, 2.45) is 5.92 Å². The summed E-state index contributed by atoms with van der Waals surface area (Å²) in [6, 6.07) is 5.56. The highest BCUT2D eigenvalue weighted by atomic mass is 16.5.